The van der Waals surface area contributed by atoms with Gasteiger partial charge in [-0.05, 0) is 20.8 Å². The van der Waals surface area contributed by atoms with Crippen LogP contribution < -0.4 is 0 Å². The second-order valence-electron chi connectivity index (χ2n) is 3.27. The fourth-order valence-corrected chi connectivity index (χ4v) is 1.04. The monoisotopic (exact) mass is 168 g/mol. The first-order chi connectivity index (χ1) is 5.59. The van der Waals surface area contributed by atoms with Gasteiger partial charge in [0.2, 0.25) is 0 Å². The quantitative estimate of drug-likeness (QED) is 0.686. The van der Waals surface area contributed by atoms with E-state index in [1.54, 1.807) is 0 Å². The molecule has 1 heterocycles. The van der Waals surface area contributed by atoms with Crippen molar-refractivity contribution in [2.24, 2.45) is 7.05 Å². The minimum atomic E-state index is 0.266. The van der Waals surface area contributed by atoms with Crippen molar-refractivity contribution >= 4 is 0 Å². The molecule has 0 radical (unpaired) electrons. The SMILES string of the molecule is Cc1cn(C)c(COC(C)C)n1. The molecule has 0 atom stereocenters. The number of rotatable bonds is 3. The molecule has 3 heteroatoms. The van der Waals surface area contributed by atoms with E-state index in [9.17, 15) is 0 Å². The minimum absolute atomic E-state index is 0.266. The third-order valence-corrected chi connectivity index (χ3v) is 1.64. The van der Waals surface area contributed by atoms with E-state index in [1.165, 1.54) is 0 Å². The molecular formula is C9H16N2O. The Morgan fingerprint density at radius 1 is 1.58 bits per heavy atom. The molecule has 1 rings (SSSR count). The lowest BCUT2D eigenvalue weighted by Gasteiger charge is -2.06. The maximum Gasteiger partial charge on any atom is 0.134 e. The summed E-state index contributed by atoms with van der Waals surface area (Å²) in [6, 6.07) is 0. The van der Waals surface area contributed by atoms with E-state index in [2.05, 4.69) is 4.98 Å². The number of imidazole rings is 1. The van der Waals surface area contributed by atoms with E-state index in [0.29, 0.717) is 6.61 Å². The fraction of sp³-hybridized carbons (Fsp3) is 0.667. The van der Waals surface area contributed by atoms with Crippen LogP contribution >= 0.6 is 0 Å². The van der Waals surface area contributed by atoms with E-state index < -0.39 is 0 Å². The summed E-state index contributed by atoms with van der Waals surface area (Å²) in [5.41, 5.74) is 1.04. The van der Waals surface area contributed by atoms with Crippen LogP contribution in [0.4, 0.5) is 0 Å². The Morgan fingerprint density at radius 3 is 2.67 bits per heavy atom. The number of ether oxygens (including phenoxy) is 1. The third-order valence-electron chi connectivity index (χ3n) is 1.64. The van der Waals surface area contributed by atoms with Crippen molar-refractivity contribution in [3.63, 3.8) is 0 Å². The summed E-state index contributed by atoms with van der Waals surface area (Å²) >= 11 is 0. The predicted octanol–water partition coefficient (Wildman–Crippen LogP) is 1.65. The third kappa shape index (κ3) is 2.34. The van der Waals surface area contributed by atoms with Gasteiger partial charge >= 0.3 is 0 Å². The lowest BCUT2D eigenvalue weighted by Crippen LogP contribution is -2.06. The molecule has 0 aromatic carbocycles. The molecule has 68 valence electrons. The predicted molar refractivity (Wildman–Crippen MR) is 47.9 cm³/mol. The Hall–Kier alpha value is -0.830. The van der Waals surface area contributed by atoms with E-state index in [1.807, 2.05) is 38.6 Å². The molecular weight excluding hydrogens is 152 g/mol. The van der Waals surface area contributed by atoms with Crippen LogP contribution in [0.2, 0.25) is 0 Å². The van der Waals surface area contributed by atoms with Gasteiger partial charge in [0.15, 0.2) is 0 Å². The summed E-state index contributed by atoms with van der Waals surface area (Å²) in [6.45, 7) is 6.63. The number of hydrogen-bond donors (Lipinski definition) is 0. The average molecular weight is 168 g/mol. The molecule has 0 spiro atoms. The minimum Gasteiger partial charge on any atom is -0.371 e. The molecule has 3 nitrogen and oxygen atoms in total. The van der Waals surface area contributed by atoms with Crippen LogP contribution in [0.5, 0.6) is 0 Å². The molecule has 0 aliphatic rings. The van der Waals surface area contributed by atoms with Gasteiger partial charge in [0.05, 0.1) is 11.8 Å². The van der Waals surface area contributed by atoms with Gasteiger partial charge in [-0.25, -0.2) is 4.98 Å². The molecule has 1 aromatic heterocycles. The number of aromatic nitrogens is 2. The van der Waals surface area contributed by atoms with Crippen LogP contribution in [0.1, 0.15) is 25.4 Å². The zero-order valence-electron chi connectivity index (χ0n) is 8.16. The first-order valence-corrected chi connectivity index (χ1v) is 4.20. The summed E-state index contributed by atoms with van der Waals surface area (Å²) in [4.78, 5) is 4.32. The summed E-state index contributed by atoms with van der Waals surface area (Å²) in [6.07, 6.45) is 2.26. The Kier molecular flexibility index (Phi) is 2.87. The van der Waals surface area contributed by atoms with Gasteiger partial charge in [-0.1, -0.05) is 0 Å². The zero-order valence-corrected chi connectivity index (χ0v) is 8.16. The molecule has 1 aromatic rings. The van der Waals surface area contributed by atoms with Crippen molar-refractivity contribution in [1.82, 2.24) is 9.55 Å². The molecule has 12 heavy (non-hydrogen) atoms. The maximum absolute atomic E-state index is 5.44. The van der Waals surface area contributed by atoms with Gasteiger partial charge in [0.1, 0.15) is 12.4 Å². The highest BCUT2D eigenvalue weighted by molar-refractivity contribution is 5.00. The van der Waals surface area contributed by atoms with Crippen LogP contribution in [0.15, 0.2) is 6.20 Å². The Balaban J connectivity index is 2.57. The molecule has 0 fully saturated rings. The lowest BCUT2D eigenvalue weighted by atomic mass is 10.5. The summed E-state index contributed by atoms with van der Waals surface area (Å²) in [7, 11) is 1.99. The highest BCUT2D eigenvalue weighted by Gasteiger charge is 2.02. The van der Waals surface area contributed by atoms with Crippen LogP contribution in [-0.2, 0) is 18.4 Å². The number of nitrogens with zero attached hydrogens (tertiary/aromatic N) is 2. The summed E-state index contributed by atoms with van der Waals surface area (Å²) in [5.74, 6) is 0.987. The normalized spacial score (nSPS) is 11.1. The van der Waals surface area contributed by atoms with Crippen LogP contribution in [-0.4, -0.2) is 15.7 Å². The molecule has 0 unspecified atom stereocenters. The van der Waals surface area contributed by atoms with Crippen LogP contribution in [0.25, 0.3) is 0 Å². The summed E-state index contributed by atoms with van der Waals surface area (Å²) in [5, 5.41) is 0. The van der Waals surface area contributed by atoms with Crippen molar-refractivity contribution in [1.29, 1.82) is 0 Å². The van der Waals surface area contributed by atoms with Gasteiger partial charge in [0, 0.05) is 13.2 Å². The molecule has 0 bridgehead atoms. The Bertz CT molecular complexity index is 253. The van der Waals surface area contributed by atoms with E-state index >= 15 is 0 Å². The number of aryl methyl sites for hydroxylation is 2. The Morgan fingerprint density at radius 2 is 2.25 bits per heavy atom. The van der Waals surface area contributed by atoms with Crippen molar-refractivity contribution < 1.29 is 4.74 Å². The van der Waals surface area contributed by atoms with E-state index in [0.717, 1.165) is 11.5 Å². The van der Waals surface area contributed by atoms with E-state index in [4.69, 9.17) is 4.74 Å². The topological polar surface area (TPSA) is 27.1 Å². The van der Waals surface area contributed by atoms with Gasteiger partial charge in [-0.2, -0.15) is 0 Å². The highest BCUT2D eigenvalue weighted by atomic mass is 16.5. The second-order valence-corrected chi connectivity index (χ2v) is 3.27. The van der Waals surface area contributed by atoms with Crippen molar-refractivity contribution in [2.75, 3.05) is 0 Å². The van der Waals surface area contributed by atoms with Gasteiger partial charge in [-0.3, -0.25) is 0 Å². The molecule has 0 amide bonds. The van der Waals surface area contributed by atoms with Gasteiger partial charge in [-0.15, -0.1) is 0 Å². The average Bonchev–Trinajstić information content (AvgIpc) is 2.26. The number of hydrogen-bond acceptors (Lipinski definition) is 2. The smallest absolute Gasteiger partial charge is 0.134 e. The van der Waals surface area contributed by atoms with Crippen molar-refractivity contribution in [3.8, 4) is 0 Å². The molecule has 0 N–H and O–H groups in total. The van der Waals surface area contributed by atoms with E-state index in [-0.39, 0.29) is 6.10 Å². The second kappa shape index (κ2) is 3.72. The molecule has 0 aliphatic carbocycles. The van der Waals surface area contributed by atoms with Crippen LogP contribution in [0, 0.1) is 6.92 Å². The molecule has 0 aliphatic heterocycles. The Labute approximate surface area is 73.4 Å². The molecule has 0 saturated heterocycles. The first kappa shape index (κ1) is 9.26. The van der Waals surface area contributed by atoms with Gasteiger partial charge in [0.25, 0.3) is 0 Å². The largest absolute Gasteiger partial charge is 0.371 e. The summed E-state index contributed by atoms with van der Waals surface area (Å²) < 4.78 is 7.44. The standard InChI is InChI=1S/C9H16N2O/c1-7(2)12-6-9-10-8(3)5-11(9)4/h5,7H,6H2,1-4H3. The first-order valence-electron chi connectivity index (χ1n) is 4.20. The molecule has 0 saturated carbocycles. The zero-order chi connectivity index (χ0) is 9.14. The van der Waals surface area contributed by atoms with Crippen molar-refractivity contribution in [3.05, 3.63) is 17.7 Å². The maximum atomic E-state index is 5.44. The lowest BCUT2D eigenvalue weighted by molar-refractivity contribution is 0.0599. The highest BCUT2D eigenvalue weighted by Crippen LogP contribution is 2.02. The van der Waals surface area contributed by atoms with Crippen LogP contribution in [0.3, 0.4) is 0 Å². The van der Waals surface area contributed by atoms with Crippen molar-refractivity contribution in [2.45, 2.75) is 33.5 Å². The van der Waals surface area contributed by atoms with Gasteiger partial charge < -0.3 is 9.30 Å². The fourth-order valence-electron chi connectivity index (χ4n) is 1.04.